The van der Waals surface area contributed by atoms with Crippen LogP contribution in [0.2, 0.25) is 5.15 Å². The number of carbonyl (C=O) groups is 1. The van der Waals surface area contributed by atoms with E-state index in [0.29, 0.717) is 18.0 Å². The summed E-state index contributed by atoms with van der Waals surface area (Å²) < 4.78 is 5.42. The van der Waals surface area contributed by atoms with Crippen molar-refractivity contribution in [3.63, 3.8) is 0 Å². The molecule has 0 unspecified atom stereocenters. The van der Waals surface area contributed by atoms with Crippen LogP contribution in [0, 0.1) is 0 Å². The Morgan fingerprint density at radius 2 is 2.11 bits per heavy atom. The maximum absolute atomic E-state index is 12.0. The van der Waals surface area contributed by atoms with Crippen LogP contribution >= 0.6 is 11.6 Å². The second kappa shape index (κ2) is 6.15. The van der Waals surface area contributed by atoms with Gasteiger partial charge in [-0.1, -0.05) is 23.7 Å². The standard InChI is InChI=1S/C13H12ClN3O2/c1-2-19-11-6-4-3-5-9(11)17-13(18)10-7-16-12(14)8-15-10/h3-8H,2H2,1H3,(H,17,18). The Labute approximate surface area is 115 Å². The summed E-state index contributed by atoms with van der Waals surface area (Å²) in [6.45, 7) is 2.40. The van der Waals surface area contributed by atoms with Gasteiger partial charge in [0, 0.05) is 0 Å². The first kappa shape index (κ1) is 13.3. The number of nitrogens with zero attached hydrogens (tertiary/aromatic N) is 2. The summed E-state index contributed by atoms with van der Waals surface area (Å²) in [5.74, 6) is 0.247. The van der Waals surface area contributed by atoms with E-state index >= 15 is 0 Å². The van der Waals surface area contributed by atoms with Crippen LogP contribution in [-0.4, -0.2) is 22.5 Å². The molecule has 1 aromatic carbocycles. The van der Waals surface area contributed by atoms with E-state index in [1.807, 2.05) is 19.1 Å². The summed E-state index contributed by atoms with van der Waals surface area (Å²) in [7, 11) is 0. The summed E-state index contributed by atoms with van der Waals surface area (Å²) in [5.41, 5.74) is 0.779. The molecule has 0 saturated heterocycles. The maximum Gasteiger partial charge on any atom is 0.275 e. The SMILES string of the molecule is CCOc1ccccc1NC(=O)c1cnc(Cl)cn1. The van der Waals surface area contributed by atoms with Gasteiger partial charge >= 0.3 is 0 Å². The molecule has 1 N–H and O–H groups in total. The number of hydrogen-bond donors (Lipinski definition) is 1. The molecule has 98 valence electrons. The molecule has 19 heavy (non-hydrogen) atoms. The zero-order chi connectivity index (χ0) is 13.7. The minimum atomic E-state index is -0.365. The molecule has 0 fully saturated rings. The second-order valence-electron chi connectivity index (χ2n) is 3.61. The van der Waals surface area contributed by atoms with Crippen LogP contribution in [0.25, 0.3) is 0 Å². The van der Waals surface area contributed by atoms with Crippen molar-refractivity contribution < 1.29 is 9.53 Å². The summed E-state index contributed by atoms with van der Waals surface area (Å²) in [4.78, 5) is 19.7. The lowest BCUT2D eigenvalue weighted by molar-refractivity contribution is 0.102. The zero-order valence-corrected chi connectivity index (χ0v) is 11.0. The Kier molecular flexibility index (Phi) is 4.30. The Morgan fingerprint density at radius 3 is 2.79 bits per heavy atom. The molecule has 2 rings (SSSR count). The largest absolute Gasteiger partial charge is 0.492 e. The lowest BCUT2D eigenvalue weighted by atomic mass is 10.3. The van der Waals surface area contributed by atoms with Crippen LogP contribution in [0.5, 0.6) is 5.75 Å². The van der Waals surface area contributed by atoms with Crippen molar-refractivity contribution in [3.8, 4) is 5.75 Å². The second-order valence-corrected chi connectivity index (χ2v) is 3.99. The fourth-order valence-corrected chi connectivity index (χ4v) is 1.56. The molecule has 0 saturated carbocycles. The number of hydrogen-bond acceptors (Lipinski definition) is 4. The van der Waals surface area contributed by atoms with Crippen molar-refractivity contribution in [1.82, 2.24) is 9.97 Å². The molecule has 1 amide bonds. The Bertz CT molecular complexity index is 572. The molecule has 0 bridgehead atoms. The van der Waals surface area contributed by atoms with E-state index in [2.05, 4.69) is 15.3 Å². The molecular formula is C13H12ClN3O2. The van der Waals surface area contributed by atoms with Crippen LogP contribution in [0.1, 0.15) is 17.4 Å². The van der Waals surface area contributed by atoms with E-state index in [4.69, 9.17) is 16.3 Å². The lowest BCUT2D eigenvalue weighted by Gasteiger charge is -2.10. The lowest BCUT2D eigenvalue weighted by Crippen LogP contribution is -2.14. The van der Waals surface area contributed by atoms with E-state index in [9.17, 15) is 4.79 Å². The van der Waals surface area contributed by atoms with Crippen molar-refractivity contribution in [1.29, 1.82) is 0 Å². The molecule has 0 aliphatic heterocycles. The topological polar surface area (TPSA) is 64.1 Å². The van der Waals surface area contributed by atoms with Crippen molar-refractivity contribution in [2.45, 2.75) is 6.92 Å². The Morgan fingerprint density at radius 1 is 1.32 bits per heavy atom. The van der Waals surface area contributed by atoms with Gasteiger partial charge in [0.25, 0.3) is 5.91 Å². The highest BCUT2D eigenvalue weighted by molar-refractivity contribution is 6.29. The molecule has 0 aliphatic rings. The molecule has 0 spiro atoms. The highest BCUT2D eigenvalue weighted by Gasteiger charge is 2.11. The predicted octanol–water partition coefficient (Wildman–Crippen LogP) is 2.78. The van der Waals surface area contributed by atoms with E-state index in [1.54, 1.807) is 12.1 Å². The fraction of sp³-hybridized carbons (Fsp3) is 0.154. The van der Waals surface area contributed by atoms with Gasteiger partial charge in [0.1, 0.15) is 16.6 Å². The number of benzene rings is 1. The monoisotopic (exact) mass is 277 g/mol. The van der Waals surface area contributed by atoms with Gasteiger partial charge in [-0.3, -0.25) is 4.79 Å². The van der Waals surface area contributed by atoms with Crippen LogP contribution in [0.15, 0.2) is 36.7 Å². The molecule has 0 atom stereocenters. The van der Waals surface area contributed by atoms with E-state index < -0.39 is 0 Å². The highest BCUT2D eigenvalue weighted by atomic mass is 35.5. The number of rotatable bonds is 4. The fourth-order valence-electron chi connectivity index (χ4n) is 1.47. The number of halogens is 1. The van der Waals surface area contributed by atoms with Gasteiger partial charge in [0.15, 0.2) is 0 Å². The molecule has 1 aromatic heterocycles. The third kappa shape index (κ3) is 3.42. The van der Waals surface area contributed by atoms with Crippen LogP contribution in [0.3, 0.4) is 0 Å². The van der Waals surface area contributed by atoms with Crippen LogP contribution < -0.4 is 10.1 Å². The zero-order valence-electron chi connectivity index (χ0n) is 10.3. The normalized spacial score (nSPS) is 10.0. The van der Waals surface area contributed by atoms with Gasteiger partial charge in [0.05, 0.1) is 24.7 Å². The number of para-hydroxylation sites is 2. The van der Waals surface area contributed by atoms with Crippen molar-refractivity contribution in [2.24, 2.45) is 0 Å². The average Bonchev–Trinajstić information content (AvgIpc) is 2.42. The number of amides is 1. The molecule has 1 heterocycles. The third-order valence-corrected chi connectivity index (χ3v) is 2.48. The minimum Gasteiger partial charge on any atom is -0.492 e. The quantitative estimate of drug-likeness (QED) is 0.933. The summed E-state index contributed by atoms with van der Waals surface area (Å²) in [6, 6.07) is 7.19. The molecule has 0 radical (unpaired) electrons. The summed E-state index contributed by atoms with van der Waals surface area (Å²) in [6.07, 6.45) is 2.64. The smallest absolute Gasteiger partial charge is 0.275 e. The predicted molar refractivity (Wildman–Crippen MR) is 72.6 cm³/mol. The number of aromatic nitrogens is 2. The van der Waals surface area contributed by atoms with Gasteiger partial charge in [0.2, 0.25) is 0 Å². The van der Waals surface area contributed by atoms with Gasteiger partial charge in [-0.05, 0) is 19.1 Å². The summed E-state index contributed by atoms with van der Waals surface area (Å²) in [5, 5.41) is 2.96. The van der Waals surface area contributed by atoms with Gasteiger partial charge in [-0.25, -0.2) is 9.97 Å². The Hall–Kier alpha value is -2.14. The number of anilines is 1. The average molecular weight is 278 g/mol. The minimum absolute atomic E-state index is 0.190. The van der Waals surface area contributed by atoms with E-state index in [1.165, 1.54) is 12.4 Å². The first-order chi connectivity index (χ1) is 9.20. The number of ether oxygens (including phenoxy) is 1. The third-order valence-electron chi connectivity index (χ3n) is 2.29. The van der Waals surface area contributed by atoms with Gasteiger partial charge in [-0.15, -0.1) is 0 Å². The Balaban J connectivity index is 2.16. The molecule has 2 aromatic rings. The first-order valence-electron chi connectivity index (χ1n) is 5.71. The van der Waals surface area contributed by atoms with E-state index in [0.717, 1.165) is 0 Å². The molecular weight excluding hydrogens is 266 g/mol. The van der Waals surface area contributed by atoms with Gasteiger partial charge in [-0.2, -0.15) is 0 Å². The van der Waals surface area contributed by atoms with Crippen molar-refractivity contribution in [2.75, 3.05) is 11.9 Å². The number of nitrogens with one attached hydrogen (secondary N) is 1. The molecule has 5 nitrogen and oxygen atoms in total. The van der Waals surface area contributed by atoms with Crippen molar-refractivity contribution in [3.05, 3.63) is 47.5 Å². The molecule has 6 heteroatoms. The van der Waals surface area contributed by atoms with Crippen LogP contribution in [-0.2, 0) is 0 Å². The van der Waals surface area contributed by atoms with E-state index in [-0.39, 0.29) is 16.8 Å². The molecule has 0 aliphatic carbocycles. The number of carbonyl (C=O) groups excluding carboxylic acids is 1. The van der Waals surface area contributed by atoms with Crippen LogP contribution in [0.4, 0.5) is 5.69 Å². The first-order valence-corrected chi connectivity index (χ1v) is 6.09. The highest BCUT2D eigenvalue weighted by Crippen LogP contribution is 2.24. The maximum atomic E-state index is 12.0. The summed E-state index contributed by atoms with van der Waals surface area (Å²) >= 11 is 5.62. The van der Waals surface area contributed by atoms with Crippen molar-refractivity contribution >= 4 is 23.2 Å². The van der Waals surface area contributed by atoms with Gasteiger partial charge < -0.3 is 10.1 Å².